The van der Waals surface area contributed by atoms with E-state index in [2.05, 4.69) is 10.6 Å². The Hall–Kier alpha value is -3.35. The first-order chi connectivity index (χ1) is 21.7. The summed E-state index contributed by atoms with van der Waals surface area (Å²) in [5.74, 6) is -2.59. The molecular formula is C32H40Cl2N4O7S. The predicted molar refractivity (Wildman–Crippen MR) is 178 cm³/mol. The predicted octanol–water partition coefficient (Wildman–Crippen LogP) is 5.18. The summed E-state index contributed by atoms with van der Waals surface area (Å²) in [6.45, 7) is 6.84. The van der Waals surface area contributed by atoms with Gasteiger partial charge in [0.05, 0.1) is 27.2 Å². The second kappa shape index (κ2) is 15.5. The topological polar surface area (TPSA) is 145 Å². The van der Waals surface area contributed by atoms with E-state index >= 15 is 0 Å². The number of carbonyl (C=O) groups excluding carboxylic acids is 4. The fourth-order valence-corrected chi connectivity index (χ4v) is 6.98. The van der Waals surface area contributed by atoms with Crippen LogP contribution in [0.5, 0.6) is 0 Å². The molecule has 1 aromatic heterocycles. The molecule has 3 heterocycles. The van der Waals surface area contributed by atoms with Crippen LogP contribution in [0.25, 0.3) is 16.2 Å². The summed E-state index contributed by atoms with van der Waals surface area (Å²) in [4.78, 5) is 65.8. The summed E-state index contributed by atoms with van der Waals surface area (Å²) in [5.41, 5.74) is 0.0363. The highest BCUT2D eigenvalue weighted by atomic mass is 35.5. The van der Waals surface area contributed by atoms with Crippen molar-refractivity contribution in [3.8, 4) is 0 Å². The number of amides is 4. The Morgan fingerprint density at radius 1 is 1.00 bits per heavy atom. The van der Waals surface area contributed by atoms with Gasteiger partial charge in [-0.15, -0.1) is 11.3 Å². The van der Waals surface area contributed by atoms with Crippen molar-refractivity contribution in [1.29, 1.82) is 0 Å². The number of carboxylic acids is 1. The average molecular weight is 696 g/mol. The van der Waals surface area contributed by atoms with Gasteiger partial charge in [0, 0.05) is 50.6 Å². The van der Waals surface area contributed by atoms with E-state index in [0.717, 1.165) is 10.1 Å². The molecular weight excluding hydrogens is 655 g/mol. The Morgan fingerprint density at radius 2 is 1.61 bits per heavy atom. The van der Waals surface area contributed by atoms with E-state index in [0.29, 0.717) is 67.5 Å². The fourth-order valence-electron chi connectivity index (χ4n) is 5.54. The third-order valence-electron chi connectivity index (χ3n) is 8.04. The van der Waals surface area contributed by atoms with Crippen molar-refractivity contribution in [3.05, 3.63) is 39.2 Å². The van der Waals surface area contributed by atoms with Crippen LogP contribution in [-0.2, 0) is 23.9 Å². The number of carboxylic acid groups (broad SMARTS) is 1. The molecule has 14 heteroatoms. The highest BCUT2D eigenvalue weighted by Crippen LogP contribution is 2.37. The number of hydrogen-bond donors (Lipinski definition) is 3. The summed E-state index contributed by atoms with van der Waals surface area (Å²) in [7, 11) is 0. The monoisotopic (exact) mass is 694 g/mol. The average Bonchev–Trinajstić information content (AvgIpc) is 3.48. The molecule has 0 saturated carbocycles. The minimum absolute atomic E-state index is 0.0327. The lowest BCUT2D eigenvalue weighted by molar-refractivity contribution is -0.138. The number of thiophene rings is 1. The first-order valence-corrected chi connectivity index (χ1v) is 17.0. The third-order valence-corrected chi connectivity index (χ3v) is 9.98. The van der Waals surface area contributed by atoms with Crippen LogP contribution in [0.4, 0.5) is 4.79 Å². The Bertz CT molecular complexity index is 1490. The van der Waals surface area contributed by atoms with Gasteiger partial charge >= 0.3 is 12.1 Å². The van der Waals surface area contributed by atoms with Crippen molar-refractivity contribution in [2.24, 2.45) is 11.8 Å². The number of fused-ring (bicyclic) bond motifs is 1. The van der Waals surface area contributed by atoms with Crippen molar-refractivity contribution >= 4 is 80.5 Å². The second-order valence-electron chi connectivity index (χ2n) is 12.7. The van der Waals surface area contributed by atoms with Gasteiger partial charge in [-0.2, -0.15) is 0 Å². The molecule has 2 aromatic rings. The lowest BCUT2D eigenvalue weighted by atomic mass is 9.95. The Balaban J connectivity index is 1.23. The fraction of sp³-hybridized carbons (Fsp3) is 0.531. The molecule has 2 saturated heterocycles. The van der Waals surface area contributed by atoms with Crippen molar-refractivity contribution in [2.75, 3.05) is 32.7 Å². The molecule has 250 valence electrons. The van der Waals surface area contributed by atoms with Gasteiger partial charge in [0.15, 0.2) is 0 Å². The number of ether oxygens (including phenoxy) is 1. The second-order valence-corrected chi connectivity index (χ2v) is 14.3. The van der Waals surface area contributed by atoms with E-state index in [1.54, 1.807) is 36.6 Å². The smallest absolute Gasteiger partial charge is 0.410 e. The maximum Gasteiger partial charge on any atom is 0.410 e. The molecule has 0 aliphatic carbocycles. The van der Waals surface area contributed by atoms with Gasteiger partial charge in [0.25, 0.3) is 0 Å². The van der Waals surface area contributed by atoms with Crippen LogP contribution in [0, 0.1) is 11.8 Å². The lowest BCUT2D eigenvalue weighted by Gasteiger charge is -2.33. The highest BCUT2D eigenvalue weighted by molar-refractivity contribution is 7.18. The van der Waals surface area contributed by atoms with Crippen LogP contribution in [0.3, 0.4) is 0 Å². The van der Waals surface area contributed by atoms with Gasteiger partial charge in [0.2, 0.25) is 17.7 Å². The van der Waals surface area contributed by atoms with Crippen LogP contribution < -0.4 is 10.6 Å². The molecule has 2 aliphatic rings. The van der Waals surface area contributed by atoms with E-state index in [9.17, 15) is 29.1 Å². The maximum absolute atomic E-state index is 13.1. The van der Waals surface area contributed by atoms with E-state index in [-0.39, 0.29) is 36.6 Å². The highest BCUT2D eigenvalue weighted by Gasteiger charge is 2.32. The van der Waals surface area contributed by atoms with Gasteiger partial charge in [-0.3, -0.25) is 19.2 Å². The Labute approximate surface area is 282 Å². The van der Waals surface area contributed by atoms with Crippen LogP contribution in [-0.4, -0.2) is 89.1 Å². The standard InChI is InChI=1S/C32H40Cl2N4O7S/c1-32(2,3)45-31(44)38-13-8-19(9-14-38)29(42)35-18-23(17-25(40)41)36-30(43)20-6-11-37(12-7-20)24(39)5-4-21-16-22-10-15-46-28(22)27(34)26(21)33/h4-5,10,15-16,19-20,23H,6-9,11-14,17-18H2,1-3H3,(H,35,42)(H,36,43)(H,40,41)/b5-4+/t23-/m1/s1. The molecule has 0 unspecified atom stereocenters. The van der Waals surface area contributed by atoms with Crippen molar-refractivity contribution in [1.82, 2.24) is 20.4 Å². The molecule has 11 nitrogen and oxygen atoms in total. The quantitative estimate of drug-likeness (QED) is 0.307. The number of nitrogens with zero attached hydrogens (tertiary/aromatic N) is 2. The maximum atomic E-state index is 13.1. The molecule has 1 atom stereocenters. The number of benzene rings is 1. The molecule has 46 heavy (non-hydrogen) atoms. The Morgan fingerprint density at radius 3 is 2.22 bits per heavy atom. The zero-order valence-corrected chi connectivity index (χ0v) is 28.5. The van der Waals surface area contributed by atoms with Crippen molar-refractivity contribution in [2.45, 2.75) is 64.5 Å². The Kier molecular flexibility index (Phi) is 12.0. The largest absolute Gasteiger partial charge is 0.481 e. The number of likely N-dealkylation sites (tertiary alicyclic amines) is 2. The number of carbonyl (C=O) groups is 5. The summed E-state index contributed by atoms with van der Waals surface area (Å²) in [6.07, 6.45) is 4.07. The number of halogens is 2. The minimum atomic E-state index is -1.10. The number of piperidine rings is 2. The van der Waals surface area contributed by atoms with Gasteiger partial charge in [0.1, 0.15) is 5.60 Å². The summed E-state index contributed by atoms with van der Waals surface area (Å²) < 4.78 is 6.29. The molecule has 2 fully saturated rings. The third kappa shape index (κ3) is 9.59. The van der Waals surface area contributed by atoms with Crippen molar-refractivity contribution in [3.63, 3.8) is 0 Å². The molecule has 0 spiro atoms. The zero-order valence-electron chi connectivity index (χ0n) is 26.1. The van der Waals surface area contributed by atoms with Crippen molar-refractivity contribution < 1.29 is 33.8 Å². The molecule has 0 radical (unpaired) electrons. The van der Waals surface area contributed by atoms with E-state index in [1.165, 1.54) is 17.4 Å². The van der Waals surface area contributed by atoms with Crippen LogP contribution in [0.15, 0.2) is 23.6 Å². The van der Waals surface area contributed by atoms with Crippen LogP contribution in [0.2, 0.25) is 10.0 Å². The molecule has 0 bridgehead atoms. The number of nitrogens with one attached hydrogen (secondary N) is 2. The first kappa shape index (κ1) is 35.5. The van der Waals surface area contributed by atoms with E-state index in [1.807, 2.05) is 17.5 Å². The van der Waals surface area contributed by atoms with E-state index in [4.69, 9.17) is 27.9 Å². The molecule has 3 N–H and O–H groups in total. The summed E-state index contributed by atoms with van der Waals surface area (Å²) in [5, 5.41) is 18.7. The lowest BCUT2D eigenvalue weighted by Crippen LogP contribution is -2.50. The SMILES string of the molecule is CC(C)(C)OC(=O)N1CCC(C(=O)NC[C@@H](CC(=O)O)NC(=O)C2CCN(C(=O)/C=C/c3cc4ccsc4c(Cl)c3Cl)CC2)CC1. The van der Waals surface area contributed by atoms with Gasteiger partial charge in [-0.1, -0.05) is 23.2 Å². The molecule has 4 rings (SSSR count). The first-order valence-electron chi connectivity index (χ1n) is 15.3. The van der Waals surface area contributed by atoms with Gasteiger partial charge in [-0.05, 0) is 81.0 Å². The number of hydrogen-bond acceptors (Lipinski definition) is 7. The van der Waals surface area contributed by atoms with Crippen LogP contribution in [0.1, 0.15) is 58.4 Å². The van der Waals surface area contributed by atoms with Gasteiger partial charge in [-0.25, -0.2) is 4.79 Å². The summed E-state index contributed by atoms with van der Waals surface area (Å²) in [6, 6.07) is 3.02. The minimum Gasteiger partial charge on any atom is -0.481 e. The zero-order chi connectivity index (χ0) is 33.6. The molecule has 2 aliphatic heterocycles. The number of aliphatic carboxylic acids is 1. The molecule has 4 amide bonds. The number of rotatable bonds is 9. The normalized spacial score (nSPS) is 17.2. The van der Waals surface area contributed by atoms with Crippen LogP contribution >= 0.6 is 34.5 Å². The van der Waals surface area contributed by atoms with Gasteiger partial charge < -0.3 is 30.3 Å². The van der Waals surface area contributed by atoms with E-state index < -0.39 is 29.6 Å². The molecule has 1 aromatic carbocycles. The summed E-state index contributed by atoms with van der Waals surface area (Å²) >= 11 is 14.3.